The molecule has 4 rings (SSSR count). The lowest BCUT2D eigenvalue weighted by Gasteiger charge is -2.22. The number of likely N-dealkylation sites (tertiary alicyclic amines) is 1. The third kappa shape index (κ3) is 4.52. The summed E-state index contributed by atoms with van der Waals surface area (Å²) in [4.78, 5) is 14.9. The first-order chi connectivity index (χ1) is 14.1. The van der Waals surface area contributed by atoms with E-state index < -0.39 is 0 Å². The van der Waals surface area contributed by atoms with E-state index in [9.17, 15) is 4.79 Å². The van der Waals surface area contributed by atoms with Crippen LogP contribution in [-0.2, 0) is 0 Å². The first-order valence-corrected chi connectivity index (χ1v) is 10.5. The topological polar surface area (TPSA) is 61.0 Å². The zero-order valence-electron chi connectivity index (χ0n) is 16.5. The monoisotopic (exact) mass is 408 g/mol. The van der Waals surface area contributed by atoms with Crippen molar-refractivity contribution in [3.63, 3.8) is 0 Å². The van der Waals surface area contributed by atoms with Crippen LogP contribution in [0, 0.1) is 0 Å². The van der Waals surface area contributed by atoms with E-state index in [-0.39, 0.29) is 5.91 Å². The summed E-state index contributed by atoms with van der Waals surface area (Å²) in [7, 11) is 0. The predicted molar refractivity (Wildman–Crippen MR) is 117 cm³/mol. The summed E-state index contributed by atoms with van der Waals surface area (Å²) in [5.41, 5.74) is 4.42. The highest BCUT2D eigenvalue weighted by molar-refractivity contribution is 6.30. The lowest BCUT2D eigenvalue weighted by molar-refractivity contribution is 0.0941. The Balaban J connectivity index is 1.40. The lowest BCUT2D eigenvalue weighted by Crippen LogP contribution is -2.40. The Labute approximate surface area is 176 Å². The smallest absolute Gasteiger partial charge is 0.251 e. The summed E-state index contributed by atoms with van der Waals surface area (Å²) in [5.74, 6) is -0.0246. The van der Waals surface area contributed by atoms with Crippen LogP contribution in [0.15, 0.2) is 54.6 Å². The van der Waals surface area contributed by atoms with Gasteiger partial charge in [0.15, 0.2) is 0 Å². The molecule has 1 aromatic heterocycles. The number of carbonyl (C=O) groups excluding carboxylic acids is 1. The van der Waals surface area contributed by atoms with Crippen LogP contribution in [0.25, 0.3) is 22.5 Å². The molecular formula is C23H25ClN4O. The van der Waals surface area contributed by atoms with Crippen molar-refractivity contribution in [3.05, 3.63) is 65.2 Å². The van der Waals surface area contributed by atoms with Gasteiger partial charge in [0.25, 0.3) is 5.91 Å². The molecule has 1 aliphatic heterocycles. The molecular weight excluding hydrogens is 384 g/mol. The van der Waals surface area contributed by atoms with Crippen LogP contribution < -0.4 is 5.32 Å². The van der Waals surface area contributed by atoms with Gasteiger partial charge < -0.3 is 5.32 Å². The predicted octanol–water partition coefficient (Wildman–Crippen LogP) is 4.61. The van der Waals surface area contributed by atoms with Crippen LogP contribution in [0.4, 0.5) is 0 Å². The number of aromatic amines is 1. The summed E-state index contributed by atoms with van der Waals surface area (Å²) in [6.07, 6.45) is 2.37. The fourth-order valence-electron chi connectivity index (χ4n) is 3.89. The van der Waals surface area contributed by atoms with E-state index in [1.54, 1.807) is 0 Å². The SMILES string of the molecule is CCN1CCCC1CNC(=O)c1ccc(-c2cc(-c3ccc(Cl)cc3)[nH]n2)cc1. The van der Waals surface area contributed by atoms with E-state index in [1.807, 2.05) is 54.6 Å². The molecule has 1 atom stereocenters. The summed E-state index contributed by atoms with van der Waals surface area (Å²) in [5, 5.41) is 11.3. The second kappa shape index (κ2) is 8.80. The van der Waals surface area contributed by atoms with Crippen LogP contribution in [-0.4, -0.2) is 46.7 Å². The first-order valence-electron chi connectivity index (χ1n) is 10.1. The second-order valence-corrected chi connectivity index (χ2v) is 7.82. The number of amides is 1. The van der Waals surface area contributed by atoms with Crippen LogP contribution in [0.2, 0.25) is 5.02 Å². The first kappa shape index (κ1) is 19.7. The van der Waals surface area contributed by atoms with E-state index in [2.05, 4.69) is 27.3 Å². The van der Waals surface area contributed by atoms with Gasteiger partial charge >= 0.3 is 0 Å². The van der Waals surface area contributed by atoms with Gasteiger partial charge in [-0.15, -0.1) is 0 Å². The number of H-pyrrole nitrogens is 1. The number of benzene rings is 2. The molecule has 1 saturated heterocycles. The van der Waals surface area contributed by atoms with Crippen molar-refractivity contribution in [1.82, 2.24) is 20.4 Å². The Bertz CT molecular complexity index is 965. The zero-order chi connectivity index (χ0) is 20.2. The molecule has 3 aromatic rings. The molecule has 2 heterocycles. The molecule has 2 aromatic carbocycles. The van der Waals surface area contributed by atoms with E-state index in [0.29, 0.717) is 23.2 Å². The number of nitrogens with one attached hydrogen (secondary N) is 2. The number of aromatic nitrogens is 2. The highest BCUT2D eigenvalue weighted by Crippen LogP contribution is 2.25. The molecule has 1 fully saturated rings. The molecule has 0 aliphatic carbocycles. The van der Waals surface area contributed by atoms with Gasteiger partial charge in [0.05, 0.1) is 11.4 Å². The molecule has 150 valence electrons. The van der Waals surface area contributed by atoms with E-state index >= 15 is 0 Å². The van der Waals surface area contributed by atoms with E-state index in [1.165, 1.54) is 6.42 Å². The van der Waals surface area contributed by atoms with Gasteiger partial charge in [-0.1, -0.05) is 42.8 Å². The van der Waals surface area contributed by atoms with Crippen LogP contribution in [0.5, 0.6) is 0 Å². The van der Waals surface area contributed by atoms with Crippen LogP contribution in [0.3, 0.4) is 0 Å². The fourth-order valence-corrected chi connectivity index (χ4v) is 4.02. The molecule has 6 heteroatoms. The molecule has 0 radical (unpaired) electrons. The molecule has 1 amide bonds. The maximum atomic E-state index is 12.5. The van der Waals surface area contributed by atoms with Crippen LogP contribution >= 0.6 is 11.6 Å². The number of likely N-dealkylation sites (N-methyl/N-ethyl adjacent to an activating group) is 1. The van der Waals surface area contributed by atoms with Crippen molar-refractivity contribution < 1.29 is 4.79 Å². The zero-order valence-corrected chi connectivity index (χ0v) is 17.2. The summed E-state index contributed by atoms with van der Waals surface area (Å²) >= 11 is 5.95. The van der Waals surface area contributed by atoms with Gasteiger partial charge in [0, 0.05) is 28.7 Å². The maximum absolute atomic E-state index is 12.5. The quantitative estimate of drug-likeness (QED) is 0.626. The number of hydrogen-bond acceptors (Lipinski definition) is 3. The summed E-state index contributed by atoms with van der Waals surface area (Å²) < 4.78 is 0. The maximum Gasteiger partial charge on any atom is 0.251 e. The van der Waals surface area contributed by atoms with Crippen molar-refractivity contribution in [1.29, 1.82) is 0 Å². The van der Waals surface area contributed by atoms with Gasteiger partial charge in [-0.2, -0.15) is 5.10 Å². The highest BCUT2D eigenvalue weighted by Gasteiger charge is 2.23. The van der Waals surface area contributed by atoms with Gasteiger partial charge in [-0.3, -0.25) is 14.8 Å². The minimum atomic E-state index is -0.0246. The minimum Gasteiger partial charge on any atom is -0.350 e. The van der Waals surface area contributed by atoms with Crippen LogP contribution in [0.1, 0.15) is 30.1 Å². The van der Waals surface area contributed by atoms with E-state index in [0.717, 1.165) is 42.0 Å². The Morgan fingerprint density at radius 3 is 2.62 bits per heavy atom. The number of halogens is 1. The molecule has 29 heavy (non-hydrogen) atoms. The Hall–Kier alpha value is -2.63. The number of rotatable bonds is 6. The standard InChI is InChI=1S/C23H25ClN4O/c1-2-28-13-3-4-20(28)15-25-23(29)18-7-5-16(6-8-18)21-14-22(27-26-21)17-9-11-19(24)12-10-17/h5-12,14,20H,2-4,13,15H2,1H3,(H,25,29)(H,26,27). The number of carbonyl (C=O) groups is 1. The Morgan fingerprint density at radius 1 is 1.17 bits per heavy atom. The average Bonchev–Trinajstić information content (AvgIpc) is 3.42. The molecule has 0 spiro atoms. The van der Waals surface area contributed by atoms with Gasteiger partial charge in [-0.05, 0) is 61.8 Å². The van der Waals surface area contributed by atoms with Crippen molar-refractivity contribution in [2.45, 2.75) is 25.8 Å². The normalized spacial score (nSPS) is 16.8. The van der Waals surface area contributed by atoms with Crippen molar-refractivity contribution >= 4 is 17.5 Å². The molecule has 2 N–H and O–H groups in total. The highest BCUT2D eigenvalue weighted by atomic mass is 35.5. The average molecular weight is 409 g/mol. The molecule has 1 aliphatic rings. The Morgan fingerprint density at radius 2 is 1.90 bits per heavy atom. The fraction of sp³-hybridized carbons (Fsp3) is 0.304. The largest absolute Gasteiger partial charge is 0.350 e. The third-order valence-electron chi connectivity index (χ3n) is 5.58. The molecule has 0 saturated carbocycles. The van der Waals surface area contributed by atoms with Gasteiger partial charge in [-0.25, -0.2) is 0 Å². The van der Waals surface area contributed by atoms with Crippen molar-refractivity contribution in [2.24, 2.45) is 0 Å². The molecule has 0 bridgehead atoms. The summed E-state index contributed by atoms with van der Waals surface area (Å²) in [6.45, 7) is 5.05. The van der Waals surface area contributed by atoms with E-state index in [4.69, 9.17) is 11.6 Å². The molecule has 5 nitrogen and oxygen atoms in total. The third-order valence-corrected chi connectivity index (χ3v) is 5.83. The summed E-state index contributed by atoms with van der Waals surface area (Å²) in [6, 6.07) is 17.7. The van der Waals surface area contributed by atoms with Crippen molar-refractivity contribution in [3.8, 4) is 22.5 Å². The molecule has 1 unspecified atom stereocenters. The lowest BCUT2D eigenvalue weighted by atomic mass is 10.1. The van der Waals surface area contributed by atoms with Crippen molar-refractivity contribution in [2.75, 3.05) is 19.6 Å². The van der Waals surface area contributed by atoms with Gasteiger partial charge in [0.2, 0.25) is 0 Å². The second-order valence-electron chi connectivity index (χ2n) is 7.39. The minimum absolute atomic E-state index is 0.0246. The number of hydrogen-bond donors (Lipinski definition) is 2. The number of nitrogens with zero attached hydrogens (tertiary/aromatic N) is 2. The van der Waals surface area contributed by atoms with Gasteiger partial charge in [0.1, 0.15) is 0 Å². The Kier molecular flexibility index (Phi) is 5.97.